The molecule has 0 amide bonds. The molecule has 0 bridgehead atoms. The van der Waals surface area contributed by atoms with Crippen LogP contribution >= 0.6 is 0 Å². The van der Waals surface area contributed by atoms with Crippen molar-refractivity contribution in [2.45, 2.75) is 34.1 Å². The first-order valence-electron chi connectivity index (χ1n) is 2.75. The summed E-state index contributed by atoms with van der Waals surface area (Å²) in [6.45, 7) is 7.05. The molecule has 8 heavy (non-hydrogen) atoms. The van der Waals surface area contributed by atoms with E-state index < -0.39 is 19.8 Å². The molecule has 0 unspecified atom stereocenters. The second-order valence-corrected chi connectivity index (χ2v) is 13.2. The normalized spacial score (nSPS) is 11.2. The summed E-state index contributed by atoms with van der Waals surface area (Å²) >= 11 is -0.840. The first-order valence-corrected chi connectivity index (χ1v) is 9.89. The third-order valence-electron chi connectivity index (χ3n) is 1.50. The predicted octanol–water partition coefficient (Wildman–Crippen LogP) is 1.72. The summed E-state index contributed by atoms with van der Waals surface area (Å²) in [4.78, 5) is 4.89. The van der Waals surface area contributed by atoms with Crippen LogP contribution in [-0.4, -0.2) is 25.2 Å². The van der Waals surface area contributed by atoms with Gasteiger partial charge in [-0.05, 0) is 0 Å². The second-order valence-electron chi connectivity index (χ2n) is 3.25. The molecule has 1 radical (unpaired) electrons. The molecule has 2 N–H and O–H groups in total. The van der Waals surface area contributed by atoms with Crippen LogP contribution in [0.2, 0.25) is 13.3 Å². The van der Waals surface area contributed by atoms with Gasteiger partial charge in [-0.3, -0.25) is 0 Å². The number of hydrogen-bond donors (Lipinski definition) is 0. The molecule has 0 aromatic rings. The molecule has 2 heteroatoms. The standard InChI is InChI=1S/C4H9.2CH3.H2O.Sn/c1-4(2)3;;;;/h1-3H3;2*1H3;1H2;. The molecule has 0 aliphatic carbocycles. The van der Waals surface area contributed by atoms with Gasteiger partial charge in [0.25, 0.3) is 0 Å². The molecule has 0 aliphatic rings. The van der Waals surface area contributed by atoms with E-state index in [9.17, 15) is 0 Å². The van der Waals surface area contributed by atoms with Crippen molar-refractivity contribution in [1.29, 1.82) is 0 Å². The zero-order chi connectivity index (χ0) is 6.08. The van der Waals surface area contributed by atoms with Gasteiger partial charge in [0, 0.05) is 0 Å². The van der Waals surface area contributed by atoms with Crippen molar-refractivity contribution < 1.29 is 5.48 Å². The Kier molecular flexibility index (Phi) is 5.37. The van der Waals surface area contributed by atoms with Gasteiger partial charge in [0.05, 0.1) is 0 Å². The predicted molar refractivity (Wildman–Crippen MR) is 40.8 cm³/mol. The Hall–Kier alpha value is 0.759. The monoisotopic (exact) mass is 225 g/mol. The average molecular weight is 224 g/mol. The van der Waals surface area contributed by atoms with Crippen LogP contribution < -0.4 is 0 Å². The van der Waals surface area contributed by atoms with E-state index in [2.05, 4.69) is 30.7 Å². The number of rotatable bonds is 0. The van der Waals surface area contributed by atoms with E-state index in [-0.39, 0.29) is 5.48 Å². The van der Waals surface area contributed by atoms with Gasteiger partial charge in [-0.2, -0.15) is 0 Å². The maximum atomic E-state index is 2.45. The van der Waals surface area contributed by atoms with Crippen molar-refractivity contribution in [3.63, 3.8) is 0 Å². The summed E-state index contributed by atoms with van der Waals surface area (Å²) in [6.07, 6.45) is 0. The van der Waals surface area contributed by atoms with E-state index in [1.165, 1.54) is 0 Å². The molecule has 0 rings (SSSR count). The van der Waals surface area contributed by atoms with Crippen molar-refractivity contribution in [2.75, 3.05) is 0 Å². The fourth-order valence-electron chi connectivity index (χ4n) is 0. The quantitative estimate of drug-likeness (QED) is 0.561. The first-order chi connectivity index (χ1) is 2.94. The zero-order valence-corrected chi connectivity index (χ0v) is 9.35. The SMILES string of the molecule is O.[CH3][Sn]([CH3])[C](C)(C)C. The van der Waals surface area contributed by atoms with Crippen molar-refractivity contribution in [3.05, 3.63) is 0 Å². The van der Waals surface area contributed by atoms with Crippen LogP contribution in [0, 0.1) is 0 Å². The summed E-state index contributed by atoms with van der Waals surface area (Å²) in [5, 5.41) is 0. The zero-order valence-electron chi connectivity index (χ0n) is 6.50. The first kappa shape index (κ1) is 11.5. The van der Waals surface area contributed by atoms with E-state index >= 15 is 0 Å². The Morgan fingerprint density at radius 2 is 1.12 bits per heavy atom. The van der Waals surface area contributed by atoms with Crippen LogP contribution in [0.1, 0.15) is 20.8 Å². The molecular formula is C6H17OSn. The molecule has 0 fully saturated rings. The minimum atomic E-state index is -0.840. The van der Waals surface area contributed by atoms with Crippen LogP contribution in [0.25, 0.3) is 0 Å². The van der Waals surface area contributed by atoms with Crippen molar-refractivity contribution >= 4 is 19.8 Å². The molecule has 0 aromatic heterocycles. The van der Waals surface area contributed by atoms with Gasteiger partial charge in [-0.25, -0.2) is 0 Å². The van der Waals surface area contributed by atoms with Gasteiger partial charge in [0.15, 0.2) is 0 Å². The average Bonchev–Trinajstić information content (AvgIpc) is 1.31. The van der Waals surface area contributed by atoms with Crippen molar-refractivity contribution in [1.82, 2.24) is 0 Å². The van der Waals surface area contributed by atoms with E-state index in [4.69, 9.17) is 0 Å². The Morgan fingerprint density at radius 1 is 1.00 bits per heavy atom. The summed E-state index contributed by atoms with van der Waals surface area (Å²) in [5.74, 6) is 0. The van der Waals surface area contributed by atoms with Gasteiger partial charge < -0.3 is 5.48 Å². The molecule has 0 saturated carbocycles. The van der Waals surface area contributed by atoms with Crippen molar-refractivity contribution in [2.24, 2.45) is 0 Å². The van der Waals surface area contributed by atoms with Crippen molar-refractivity contribution in [3.8, 4) is 0 Å². The van der Waals surface area contributed by atoms with Gasteiger partial charge in [-0.1, -0.05) is 0 Å². The molecule has 0 heterocycles. The molecule has 0 saturated heterocycles. The van der Waals surface area contributed by atoms with E-state index in [0.29, 0.717) is 3.43 Å². The summed E-state index contributed by atoms with van der Waals surface area (Å²) in [6, 6.07) is 0. The summed E-state index contributed by atoms with van der Waals surface area (Å²) in [5.41, 5.74) is 0. The summed E-state index contributed by atoms with van der Waals surface area (Å²) < 4.78 is 0.697. The molecular weight excluding hydrogens is 207 g/mol. The van der Waals surface area contributed by atoms with Gasteiger partial charge in [-0.15, -0.1) is 0 Å². The summed E-state index contributed by atoms with van der Waals surface area (Å²) in [7, 11) is 0. The van der Waals surface area contributed by atoms with Gasteiger partial charge >= 0.3 is 53.8 Å². The van der Waals surface area contributed by atoms with E-state index in [0.717, 1.165) is 0 Å². The Bertz CT molecular complexity index is 54.0. The van der Waals surface area contributed by atoms with Crippen LogP contribution in [-0.2, 0) is 0 Å². The fraction of sp³-hybridized carbons (Fsp3) is 1.00. The van der Waals surface area contributed by atoms with Crippen LogP contribution in [0.5, 0.6) is 0 Å². The molecule has 0 spiro atoms. The molecule has 0 aliphatic heterocycles. The van der Waals surface area contributed by atoms with Crippen LogP contribution in [0.15, 0.2) is 0 Å². The van der Waals surface area contributed by atoms with Crippen LogP contribution in [0.3, 0.4) is 0 Å². The molecule has 1 nitrogen and oxygen atoms in total. The molecule has 51 valence electrons. The second kappa shape index (κ2) is 3.72. The minimum absolute atomic E-state index is 0. The third-order valence-corrected chi connectivity index (χ3v) is 10.1. The number of hydrogen-bond acceptors (Lipinski definition) is 0. The van der Waals surface area contributed by atoms with Gasteiger partial charge in [0.1, 0.15) is 0 Å². The van der Waals surface area contributed by atoms with E-state index in [1.54, 1.807) is 0 Å². The Labute approximate surface area is 59.5 Å². The third kappa shape index (κ3) is 4.91. The maximum absolute atomic E-state index is 2.45. The van der Waals surface area contributed by atoms with E-state index in [1.807, 2.05) is 0 Å². The fourth-order valence-corrected chi connectivity index (χ4v) is 0. The topological polar surface area (TPSA) is 31.5 Å². The Morgan fingerprint density at radius 3 is 1.12 bits per heavy atom. The van der Waals surface area contributed by atoms with Crippen LogP contribution in [0.4, 0.5) is 0 Å². The Balaban J connectivity index is 0. The van der Waals surface area contributed by atoms with Gasteiger partial charge in [0.2, 0.25) is 0 Å². The molecule has 0 aromatic carbocycles. The molecule has 0 atom stereocenters.